The lowest BCUT2D eigenvalue weighted by molar-refractivity contribution is -0.113. The monoisotopic (exact) mass is 507 g/mol. The molecule has 0 fully saturated rings. The number of aromatic nitrogens is 3. The Morgan fingerprint density at radius 1 is 1.14 bits per heavy atom. The number of nitrogens with one attached hydrogen (secondary N) is 1. The first-order valence-corrected chi connectivity index (χ1v) is 14.1. The van der Waals surface area contributed by atoms with Crippen molar-refractivity contribution in [1.82, 2.24) is 14.8 Å². The van der Waals surface area contributed by atoms with Crippen LogP contribution in [-0.4, -0.2) is 26.4 Å². The summed E-state index contributed by atoms with van der Waals surface area (Å²) in [7, 11) is 0. The van der Waals surface area contributed by atoms with E-state index in [9.17, 15) is 10.1 Å². The molecule has 0 atom stereocenters. The van der Waals surface area contributed by atoms with Crippen LogP contribution in [0.1, 0.15) is 74.9 Å². The maximum atomic E-state index is 12.8. The van der Waals surface area contributed by atoms with Gasteiger partial charge in [-0.1, -0.05) is 69.6 Å². The van der Waals surface area contributed by atoms with Crippen molar-refractivity contribution < 1.29 is 4.79 Å². The summed E-state index contributed by atoms with van der Waals surface area (Å²) in [6.45, 7) is 9.36. The van der Waals surface area contributed by atoms with Crippen molar-refractivity contribution in [3.8, 4) is 17.5 Å². The van der Waals surface area contributed by atoms with E-state index < -0.39 is 0 Å². The summed E-state index contributed by atoms with van der Waals surface area (Å²) in [6, 6.07) is 10.8. The quantitative estimate of drug-likeness (QED) is 0.381. The van der Waals surface area contributed by atoms with Crippen LogP contribution in [0.3, 0.4) is 0 Å². The van der Waals surface area contributed by atoms with E-state index in [1.807, 2.05) is 4.57 Å². The number of aryl methyl sites for hydroxylation is 1. The number of carbonyl (C=O) groups is 1. The lowest BCUT2D eigenvalue weighted by atomic mass is 9.87. The van der Waals surface area contributed by atoms with Gasteiger partial charge in [-0.2, -0.15) is 5.26 Å². The summed E-state index contributed by atoms with van der Waals surface area (Å²) < 4.78 is 2.04. The zero-order valence-electron chi connectivity index (χ0n) is 21.0. The number of hydrogen-bond donors (Lipinski definition) is 1. The fourth-order valence-electron chi connectivity index (χ4n) is 4.43. The SMILES string of the molecule is CCn1c(SCC(=O)Nc2sc3c(c2C#N)CCCCCC3)nnc1-c1ccc(C(C)(C)C)cc1. The van der Waals surface area contributed by atoms with Crippen molar-refractivity contribution in [1.29, 1.82) is 5.26 Å². The van der Waals surface area contributed by atoms with Gasteiger partial charge in [-0.05, 0) is 49.1 Å². The highest BCUT2D eigenvalue weighted by Crippen LogP contribution is 2.37. The van der Waals surface area contributed by atoms with Crippen LogP contribution < -0.4 is 5.32 Å². The Morgan fingerprint density at radius 2 is 1.86 bits per heavy atom. The van der Waals surface area contributed by atoms with Gasteiger partial charge >= 0.3 is 0 Å². The highest BCUT2D eigenvalue weighted by Gasteiger charge is 2.21. The van der Waals surface area contributed by atoms with E-state index in [4.69, 9.17) is 0 Å². The Morgan fingerprint density at radius 3 is 2.51 bits per heavy atom. The minimum atomic E-state index is -0.123. The first-order valence-electron chi connectivity index (χ1n) is 12.3. The first-order chi connectivity index (χ1) is 16.8. The predicted molar refractivity (Wildman–Crippen MR) is 144 cm³/mol. The van der Waals surface area contributed by atoms with Gasteiger partial charge in [0.25, 0.3) is 0 Å². The van der Waals surface area contributed by atoms with Gasteiger partial charge in [-0.25, -0.2) is 0 Å². The van der Waals surface area contributed by atoms with Gasteiger partial charge in [0.1, 0.15) is 11.1 Å². The zero-order valence-corrected chi connectivity index (χ0v) is 22.6. The molecule has 35 heavy (non-hydrogen) atoms. The number of benzene rings is 1. The molecule has 0 bridgehead atoms. The smallest absolute Gasteiger partial charge is 0.235 e. The minimum Gasteiger partial charge on any atom is -0.316 e. The highest BCUT2D eigenvalue weighted by molar-refractivity contribution is 7.99. The third-order valence-electron chi connectivity index (χ3n) is 6.41. The van der Waals surface area contributed by atoms with Gasteiger partial charge in [0, 0.05) is 17.0 Å². The maximum Gasteiger partial charge on any atom is 0.235 e. The van der Waals surface area contributed by atoms with Gasteiger partial charge in [0.2, 0.25) is 5.91 Å². The Labute approximate surface area is 216 Å². The summed E-state index contributed by atoms with van der Waals surface area (Å²) in [5.41, 5.74) is 4.18. The molecule has 0 aliphatic heterocycles. The zero-order chi connectivity index (χ0) is 25.0. The molecule has 0 saturated heterocycles. The number of thioether (sulfide) groups is 1. The van der Waals surface area contributed by atoms with Gasteiger partial charge < -0.3 is 9.88 Å². The van der Waals surface area contributed by atoms with Crippen LogP contribution in [0.5, 0.6) is 0 Å². The molecule has 8 heteroatoms. The summed E-state index contributed by atoms with van der Waals surface area (Å²) in [6.07, 6.45) is 6.62. The first kappa shape index (κ1) is 25.5. The van der Waals surface area contributed by atoms with Crippen LogP contribution in [-0.2, 0) is 29.6 Å². The van der Waals surface area contributed by atoms with Crippen molar-refractivity contribution in [2.24, 2.45) is 0 Å². The van der Waals surface area contributed by atoms with Crippen LogP contribution in [0.4, 0.5) is 5.00 Å². The molecule has 3 aromatic rings. The van der Waals surface area contributed by atoms with E-state index in [2.05, 4.69) is 73.5 Å². The number of fused-ring (bicyclic) bond motifs is 1. The molecule has 6 nitrogen and oxygen atoms in total. The van der Waals surface area contributed by atoms with Crippen molar-refractivity contribution in [3.05, 3.63) is 45.8 Å². The van der Waals surface area contributed by atoms with E-state index in [0.717, 1.165) is 47.8 Å². The molecule has 2 heterocycles. The third kappa shape index (κ3) is 5.79. The van der Waals surface area contributed by atoms with Crippen LogP contribution in [0, 0.1) is 11.3 Å². The van der Waals surface area contributed by atoms with Gasteiger partial charge in [-0.15, -0.1) is 21.5 Å². The number of thiophene rings is 1. The Bertz CT molecular complexity index is 1230. The van der Waals surface area contributed by atoms with Crippen molar-refractivity contribution >= 4 is 34.0 Å². The van der Waals surface area contributed by atoms with E-state index in [0.29, 0.717) is 17.1 Å². The van der Waals surface area contributed by atoms with Gasteiger partial charge in [0.15, 0.2) is 11.0 Å². The lowest BCUT2D eigenvalue weighted by Crippen LogP contribution is -2.14. The molecule has 1 aliphatic rings. The number of nitriles is 1. The van der Waals surface area contributed by atoms with E-state index in [-0.39, 0.29) is 17.1 Å². The van der Waals surface area contributed by atoms with Crippen LogP contribution >= 0.6 is 23.1 Å². The van der Waals surface area contributed by atoms with Crippen LogP contribution in [0.2, 0.25) is 0 Å². The van der Waals surface area contributed by atoms with Crippen molar-refractivity contribution in [3.63, 3.8) is 0 Å². The van der Waals surface area contributed by atoms with Crippen LogP contribution in [0.15, 0.2) is 29.4 Å². The fraction of sp³-hybridized carbons (Fsp3) is 0.481. The fourth-order valence-corrected chi connectivity index (χ4v) is 6.49. The second kappa shape index (κ2) is 11.0. The summed E-state index contributed by atoms with van der Waals surface area (Å²) in [5.74, 6) is 0.900. The average Bonchev–Trinajstić information content (AvgIpc) is 3.37. The van der Waals surface area contributed by atoms with Crippen molar-refractivity contribution in [2.45, 2.75) is 83.3 Å². The maximum absolute atomic E-state index is 12.8. The molecule has 1 N–H and O–H groups in total. The summed E-state index contributed by atoms with van der Waals surface area (Å²) in [4.78, 5) is 14.1. The molecule has 1 aliphatic carbocycles. The molecule has 0 radical (unpaired) electrons. The number of carbonyl (C=O) groups excluding carboxylic acids is 1. The Kier molecular flexibility index (Phi) is 7.98. The molecule has 184 valence electrons. The highest BCUT2D eigenvalue weighted by atomic mass is 32.2. The Hall–Kier alpha value is -2.63. The number of nitrogens with zero attached hydrogens (tertiary/aromatic N) is 4. The normalized spacial score (nSPS) is 14.0. The third-order valence-corrected chi connectivity index (χ3v) is 8.58. The van der Waals surface area contributed by atoms with E-state index in [1.165, 1.54) is 35.0 Å². The summed E-state index contributed by atoms with van der Waals surface area (Å²) in [5, 5.41) is 23.0. The second-order valence-corrected chi connectivity index (χ2v) is 12.0. The van der Waals surface area contributed by atoms with Crippen LogP contribution in [0.25, 0.3) is 11.4 Å². The lowest BCUT2D eigenvalue weighted by Gasteiger charge is -2.19. The average molecular weight is 508 g/mol. The molecular formula is C27H33N5OS2. The molecule has 4 rings (SSSR count). The number of amides is 1. The molecule has 0 saturated carbocycles. The Balaban J connectivity index is 1.45. The van der Waals surface area contributed by atoms with E-state index in [1.54, 1.807) is 11.3 Å². The number of hydrogen-bond acceptors (Lipinski definition) is 6. The molecular weight excluding hydrogens is 474 g/mol. The topological polar surface area (TPSA) is 83.6 Å². The number of rotatable bonds is 6. The molecule has 0 spiro atoms. The standard InChI is InChI=1S/C27H33N5OS2/c1-5-32-24(18-12-14-19(15-13-18)27(2,3)4)30-31-26(32)34-17-23(33)29-25-21(16-28)20-10-8-6-7-9-11-22(20)35-25/h12-15H,5-11,17H2,1-4H3,(H,29,33). The van der Waals surface area contributed by atoms with Crippen molar-refractivity contribution in [2.75, 3.05) is 11.1 Å². The molecule has 2 aromatic heterocycles. The summed E-state index contributed by atoms with van der Waals surface area (Å²) >= 11 is 2.95. The molecule has 1 aromatic carbocycles. The second-order valence-electron chi connectivity index (χ2n) is 9.95. The molecule has 0 unspecified atom stereocenters. The minimum absolute atomic E-state index is 0.0943. The largest absolute Gasteiger partial charge is 0.316 e. The van der Waals surface area contributed by atoms with E-state index >= 15 is 0 Å². The van der Waals surface area contributed by atoms with Gasteiger partial charge in [-0.3, -0.25) is 4.79 Å². The van der Waals surface area contributed by atoms with Gasteiger partial charge in [0.05, 0.1) is 11.3 Å². The molecule has 1 amide bonds. The predicted octanol–water partition coefficient (Wildman–Crippen LogP) is 6.59. The number of anilines is 1.